The van der Waals surface area contributed by atoms with Crippen molar-refractivity contribution in [1.82, 2.24) is 9.88 Å². The molecule has 2 aromatic carbocycles. The first-order chi connectivity index (χ1) is 19.2. The predicted octanol–water partition coefficient (Wildman–Crippen LogP) is 6.77. The van der Waals surface area contributed by atoms with Gasteiger partial charge >= 0.3 is 12.4 Å². The molecule has 0 spiro atoms. The van der Waals surface area contributed by atoms with E-state index in [9.17, 15) is 35.5 Å². The molecule has 0 radical (unpaired) electrons. The van der Waals surface area contributed by atoms with E-state index in [1.807, 2.05) is 0 Å². The lowest BCUT2D eigenvalue weighted by Gasteiger charge is -2.41. The first-order valence-corrected chi connectivity index (χ1v) is 12.7. The monoisotopic (exact) mass is 586 g/mol. The Hall–Kier alpha value is -3.45. The Morgan fingerprint density at radius 3 is 2.32 bits per heavy atom. The number of fused-ring (bicyclic) bond motifs is 1. The van der Waals surface area contributed by atoms with E-state index in [1.54, 1.807) is 17.9 Å². The smallest absolute Gasteiger partial charge is 0.416 e. The van der Waals surface area contributed by atoms with Gasteiger partial charge in [-0.3, -0.25) is 4.79 Å². The van der Waals surface area contributed by atoms with Crippen LogP contribution in [0.15, 0.2) is 53.4 Å². The number of benzene rings is 2. The van der Waals surface area contributed by atoms with Crippen LogP contribution in [0.3, 0.4) is 0 Å². The van der Waals surface area contributed by atoms with Gasteiger partial charge in [0.2, 0.25) is 5.76 Å². The first kappa shape index (κ1) is 29.1. The highest BCUT2D eigenvalue weighted by molar-refractivity contribution is 5.91. The van der Waals surface area contributed by atoms with Crippen molar-refractivity contribution in [3.8, 4) is 0 Å². The summed E-state index contributed by atoms with van der Waals surface area (Å²) in [4.78, 5) is 18.3. The maximum absolute atomic E-state index is 14.0. The third kappa shape index (κ3) is 5.96. The number of amides is 1. The molecule has 0 aliphatic carbocycles. The van der Waals surface area contributed by atoms with Crippen LogP contribution in [0.25, 0.3) is 0 Å². The fraction of sp³-hybridized carbons (Fsp3) is 0.429. The summed E-state index contributed by atoms with van der Waals surface area (Å²) in [6.45, 7) is 3.69. The molecule has 3 aromatic rings. The molecular formula is C28H25F7N2O4. The Labute approximate surface area is 230 Å². The van der Waals surface area contributed by atoms with Gasteiger partial charge < -0.3 is 18.8 Å². The van der Waals surface area contributed by atoms with E-state index >= 15 is 0 Å². The molecule has 5 atom stereocenters. The molecular weight excluding hydrogens is 561 g/mol. The number of hydrogen-bond acceptors (Lipinski definition) is 5. The number of rotatable bonds is 5. The van der Waals surface area contributed by atoms with E-state index < -0.39 is 47.6 Å². The number of alkyl halides is 6. The van der Waals surface area contributed by atoms with E-state index in [0.717, 1.165) is 6.39 Å². The van der Waals surface area contributed by atoms with E-state index in [4.69, 9.17) is 13.9 Å². The summed E-state index contributed by atoms with van der Waals surface area (Å²) in [6, 6.07) is 5.42. The molecule has 1 aromatic heterocycles. The van der Waals surface area contributed by atoms with Crippen LogP contribution in [0, 0.1) is 24.6 Å². The van der Waals surface area contributed by atoms with Crippen molar-refractivity contribution in [2.75, 3.05) is 19.7 Å². The van der Waals surface area contributed by atoms with Gasteiger partial charge in [0.25, 0.3) is 5.91 Å². The van der Waals surface area contributed by atoms with Crippen molar-refractivity contribution in [2.45, 2.75) is 44.5 Å². The molecule has 2 fully saturated rings. The van der Waals surface area contributed by atoms with Crippen LogP contribution in [0.4, 0.5) is 30.7 Å². The summed E-state index contributed by atoms with van der Waals surface area (Å²) in [5.74, 6) is -1.88. The van der Waals surface area contributed by atoms with Crippen LogP contribution < -0.4 is 0 Å². The molecule has 2 aliphatic rings. The van der Waals surface area contributed by atoms with Crippen LogP contribution in [0.1, 0.15) is 57.3 Å². The highest BCUT2D eigenvalue weighted by Crippen LogP contribution is 2.46. The minimum atomic E-state index is -5.01. The lowest BCUT2D eigenvalue weighted by atomic mass is 9.76. The van der Waals surface area contributed by atoms with E-state index in [2.05, 4.69) is 4.98 Å². The van der Waals surface area contributed by atoms with Crippen LogP contribution in [0.2, 0.25) is 0 Å². The van der Waals surface area contributed by atoms with Crippen LogP contribution in [-0.2, 0) is 21.8 Å². The molecule has 2 aliphatic heterocycles. The Morgan fingerprint density at radius 1 is 1.05 bits per heavy atom. The van der Waals surface area contributed by atoms with Gasteiger partial charge in [0, 0.05) is 24.9 Å². The Kier molecular flexibility index (Phi) is 7.62. The van der Waals surface area contributed by atoms with Gasteiger partial charge in [-0.15, -0.1) is 0 Å². The predicted molar refractivity (Wildman–Crippen MR) is 129 cm³/mol. The number of ether oxygens (including phenoxy) is 2. The number of halogens is 7. The van der Waals surface area contributed by atoms with Gasteiger partial charge in [0.15, 0.2) is 12.7 Å². The highest BCUT2D eigenvalue weighted by atomic mass is 19.4. The molecule has 41 heavy (non-hydrogen) atoms. The fourth-order valence-electron chi connectivity index (χ4n) is 5.65. The summed E-state index contributed by atoms with van der Waals surface area (Å²) < 4.78 is 112. The zero-order chi connectivity index (χ0) is 29.7. The number of nitrogens with zero attached hydrogens (tertiary/aromatic N) is 2. The molecule has 3 heterocycles. The Bertz CT molecular complexity index is 1380. The van der Waals surface area contributed by atoms with Crippen molar-refractivity contribution in [2.24, 2.45) is 11.8 Å². The number of likely N-dealkylation sites (tertiary alicyclic amines) is 1. The molecule has 0 N–H and O–H groups in total. The van der Waals surface area contributed by atoms with Crippen molar-refractivity contribution in [1.29, 1.82) is 0 Å². The van der Waals surface area contributed by atoms with Crippen LogP contribution in [0.5, 0.6) is 0 Å². The van der Waals surface area contributed by atoms with Gasteiger partial charge in [-0.2, -0.15) is 26.3 Å². The standard InChI is InChI=1S/C28H25F7N2O4/c1-14-5-20(29)3-4-21(14)24-22-11-37(25(38)23-9-36-13-40-23)10-17(22)12-39-26(24)41-15(2)16-6-18(27(30,31)32)8-19(7-16)28(33,34)35/h3-9,13,15,17,22,24,26H,10-12H2,1-2H3/t15-,17+,22-,24+,26-/m1/s1. The third-order valence-corrected chi connectivity index (χ3v) is 7.66. The van der Waals surface area contributed by atoms with Crippen molar-refractivity contribution < 1.29 is 49.4 Å². The second kappa shape index (κ2) is 10.8. The summed E-state index contributed by atoms with van der Waals surface area (Å²) in [5, 5.41) is 0. The normalized spacial score (nSPS) is 23.9. The molecule has 2 saturated heterocycles. The summed E-state index contributed by atoms with van der Waals surface area (Å²) >= 11 is 0. The summed E-state index contributed by atoms with van der Waals surface area (Å²) in [6.07, 6.45) is -9.95. The molecule has 0 bridgehead atoms. The van der Waals surface area contributed by atoms with Crippen molar-refractivity contribution >= 4 is 5.91 Å². The van der Waals surface area contributed by atoms with E-state index in [0.29, 0.717) is 29.8 Å². The number of aromatic nitrogens is 1. The second-order valence-electron chi connectivity index (χ2n) is 10.3. The largest absolute Gasteiger partial charge is 0.438 e. The lowest BCUT2D eigenvalue weighted by Crippen LogP contribution is -2.42. The summed E-state index contributed by atoms with van der Waals surface area (Å²) in [7, 11) is 0. The fourth-order valence-corrected chi connectivity index (χ4v) is 5.65. The summed E-state index contributed by atoms with van der Waals surface area (Å²) in [5.41, 5.74) is -2.05. The van der Waals surface area contributed by atoms with Crippen LogP contribution >= 0.6 is 0 Å². The van der Waals surface area contributed by atoms with E-state index in [-0.39, 0.29) is 48.3 Å². The first-order valence-electron chi connectivity index (χ1n) is 12.7. The number of carbonyl (C=O) groups is 1. The average Bonchev–Trinajstić information content (AvgIpc) is 3.58. The minimum absolute atomic E-state index is 0.0468. The molecule has 5 rings (SSSR count). The maximum Gasteiger partial charge on any atom is 0.416 e. The van der Waals surface area contributed by atoms with Crippen molar-refractivity contribution in [3.63, 3.8) is 0 Å². The maximum atomic E-state index is 14.0. The molecule has 1 amide bonds. The zero-order valence-electron chi connectivity index (χ0n) is 21.8. The Balaban J connectivity index is 1.47. The number of carbonyl (C=O) groups excluding carboxylic acids is 1. The number of hydrogen-bond donors (Lipinski definition) is 0. The van der Waals surface area contributed by atoms with Gasteiger partial charge in [0.1, 0.15) is 5.82 Å². The molecule has 220 valence electrons. The quantitative estimate of drug-likeness (QED) is 0.309. The highest BCUT2D eigenvalue weighted by Gasteiger charge is 2.49. The molecule has 0 saturated carbocycles. The SMILES string of the molecule is Cc1cc(F)ccc1[C@@H]1[C@@H](O[C@H](C)c2cc(C(F)(F)F)cc(C(F)(F)F)c2)OC[C@@H]2CN(C(=O)c3cnco3)C[C@H]21. The van der Waals surface area contributed by atoms with E-state index in [1.165, 1.54) is 25.3 Å². The second-order valence-corrected chi connectivity index (χ2v) is 10.3. The average molecular weight is 587 g/mol. The third-order valence-electron chi connectivity index (χ3n) is 7.66. The molecule has 0 unspecified atom stereocenters. The van der Waals surface area contributed by atoms with Gasteiger partial charge in [-0.25, -0.2) is 9.37 Å². The molecule has 13 heteroatoms. The minimum Gasteiger partial charge on any atom is -0.438 e. The van der Waals surface area contributed by atoms with Crippen molar-refractivity contribution in [3.05, 3.63) is 88.4 Å². The molecule has 6 nitrogen and oxygen atoms in total. The Morgan fingerprint density at radius 2 is 1.73 bits per heavy atom. The van der Waals surface area contributed by atoms with Gasteiger partial charge in [0.05, 0.1) is 30.0 Å². The zero-order valence-corrected chi connectivity index (χ0v) is 21.8. The number of oxazole rings is 1. The van der Waals surface area contributed by atoms with Crippen LogP contribution in [-0.4, -0.2) is 41.8 Å². The van der Waals surface area contributed by atoms with Gasteiger partial charge in [-0.05, 0) is 66.8 Å². The number of aryl methyl sites for hydroxylation is 1. The van der Waals surface area contributed by atoms with Gasteiger partial charge in [-0.1, -0.05) is 6.07 Å². The topological polar surface area (TPSA) is 64.8 Å². The lowest BCUT2D eigenvalue weighted by molar-refractivity contribution is -0.217.